The minimum atomic E-state index is -0.806. The summed E-state index contributed by atoms with van der Waals surface area (Å²) < 4.78 is 19.0. The zero-order valence-electron chi connectivity index (χ0n) is 30.5. The molecule has 53 heavy (non-hydrogen) atoms. The van der Waals surface area contributed by atoms with E-state index in [2.05, 4.69) is 49.1 Å². The van der Waals surface area contributed by atoms with Crippen molar-refractivity contribution in [3.63, 3.8) is 0 Å². The fraction of sp³-hybridized carbons (Fsp3) is 0.409. The predicted molar refractivity (Wildman–Crippen MR) is 207 cm³/mol. The van der Waals surface area contributed by atoms with E-state index in [1.165, 1.54) is 12.0 Å². The van der Waals surface area contributed by atoms with Gasteiger partial charge in [-0.25, -0.2) is 0 Å². The molecular formula is C44H46Cl2N2O5. The van der Waals surface area contributed by atoms with E-state index in [9.17, 15) is 9.59 Å². The first-order chi connectivity index (χ1) is 25.6. The number of carbonyl (C=O) groups is 2. The molecule has 0 aromatic heterocycles. The summed E-state index contributed by atoms with van der Waals surface area (Å²) in [5.41, 5.74) is 5.73. The van der Waals surface area contributed by atoms with Crippen LogP contribution >= 0.6 is 23.2 Å². The zero-order valence-corrected chi connectivity index (χ0v) is 32.0. The molecule has 3 heterocycles. The molecule has 0 bridgehead atoms. The van der Waals surface area contributed by atoms with E-state index in [0.717, 1.165) is 47.9 Å². The van der Waals surface area contributed by atoms with E-state index in [0.29, 0.717) is 64.6 Å². The molecule has 1 unspecified atom stereocenters. The van der Waals surface area contributed by atoms with E-state index in [1.54, 1.807) is 24.1 Å². The molecule has 2 fully saturated rings. The number of halogens is 2. The van der Waals surface area contributed by atoms with Crippen LogP contribution in [0.5, 0.6) is 11.5 Å². The number of ether oxygens (including phenoxy) is 3. The lowest BCUT2D eigenvalue weighted by Gasteiger charge is -2.45. The molecular weight excluding hydrogens is 707 g/mol. The largest absolute Gasteiger partial charge is 0.489 e. The Kier molecular flexibility index (Phi) is 10.2. The minimum Gasteiger partial charge on any atom is -0.489 e. The first-order valence-electron chi connectivity index (χ1n) is 18.9. The van der Waals surface area contributed by atoms with Gasteiger partial charge in [0.15, 0.2) is 0 Å². The lowest BCUT2D eigenvalue weighted by atomic mass is 9.72. The van der Waals surface area contributed by atoms with Crippen molar-refractivity contribution in [2.24, 2.45) is 17.8 Å². The summed E-state index contributed by atoms with van der Waals surface area (Å²) >= 11 is 12.2. The van der Waals surface area contributed by atoms with Gasteiger partial charge in [0, 0.05) is 25.2 Å². The molecule has 9 heteroatoms. The van der Waals surface area contributed by atoms with Gasteiger partial charge < -0.3 is 19.1 Å². The summed E-state index contributed by atoms with van der Waals surface area (Å²) in [6.45, 7) is 5.54. The number of carbonyl (C=O) groups excluding carboxylic acids is 2. The number of rotatable bonds is 5. The minimum absolute atomic E-state index is 0.0430. The Hall–Kier alpha value is -4.04. The van der Waals surface area contributed by atoms with Crippen molar-refractivity contribution in [2.75, 3.05) is 11.9 Å². The fourth-order valence-corrected chi connectivity index (χ4v) is 9.26. The molecule has 7 atom stereocenters. The Morgan fingerprint density at radius 2 is 1.58 bits per heavy atom. The Balaban J connectivity index is 1.06. The van der Waals surface area contributed by atoms with Crippen LogP contribution in [0.15, 0.2) is 84.9 Å². The van der Waals surface area contributed by atoms with Crippen molar-refractivity contribution in [1.82, 2.24) is 4.90 Å². The molecule has 1 aliphatic carbocycles. The average Bonchev–Trinajstić information content (AvgIpc) is 3.16. The lowest BCUT2D eigenvalue weighted by Crippen LogP contribution is -2.51. The van der Waals surface area contributed by atoms with Crippen LogP contribution in [-0.4, -0.2) is 36.0 Å². The van der Waals surface area contributed by atoms with Crippen molar-refractivity contribution < 1.29 is 23.8 Å². The Labute approximate surface area is 322 Å². The van der Waals surface area contributed by atoms with Crippen molar-refractivity contribution in [3.05, 3.63) is 123 Å². The van der Waals surface area contributed by atoms with Gasteiger partial charge in [0.05, 0.1) is 15.7 Å². The van der Waals surface area contributed by atoms with Gasteiger partial charge in [-0.1, -0.05) is 92.0 Å². The third-order valence-corrected chi connectivity index (χ3v) is 12.8. The number of fused-ring (bicyclic) bond motifs is 4. The second-order valence-corrected chi connectivity index (χ2v) is 16.3. The first kappa shape index (κ1) is 36.0. The van der Waals surface area contributed by atoms with Gasteiger partial charge in [0.2, 0.25) is 6.10 Å². The molecule has 8 rings (SSSR count). The number of benzene rings is 4. The van der Waals surface area contributed by atoms with Crippen molar-refractivity contribution in [1.29, 1.82) is 0 Å². The number of nitrogens with zero attached hydrogens (tertiary/aromatic N) is 2. The second-order valence-electron chi connectivity index (χ2n) is 15.5. The maximum atomic E-state index is 14.3. The summed E-state index contributed by atoms with van der Waals surface area (Å²) in [5.74, 6) is 2.44. The number of hydrogen-bond acceptors (Lipinski definition) is 6. The molecule has 1 saturated carbocycles. The summed E-state index contributed by atoms with van der Waals surface area (Å²) in [7, 11) is 1.79. The number of esters is 1. The zero-order chi connectivity index (χ0) is 36.8. The Morgan fingerprint density at radius 3 is 2.36 bits per heavy atom. The molecule has 4 aromatic rings. The molecule has 0 radical (unpaired) electrons. The summed E-state index contributed by atoms with van der Waals surface area (Å²) in [6.07, 6.45) is 4.94. The van der Waals surface area contributed by atoms with E-state index in [4.69, 9.17) is 37.4 Å². The van der Waals surface area contributed by atoms with Crippen LogP contribution in [0.1, 0.15) is 85.9 Å². The SMILES string of the molecule is CC1CC[C@@H](c2ccccc2)N2Cc3cc4c(cc3C[C@H]2C(=O)O[C@@H]2C[C@H](C)CC[C@@H]12)N(C)C(=O)[C@@H](c1ccc(OCc2ccc(Cl)c(Cl)c2)cc1)O4. The molecule has 1 saturated heterocycles. The molecule has 1 amide bonds. The third kappa shape index (κ3) is 7.28. The van der Waals surface area contributed by atoms with Crippen LogP contribution in [0.4, 0.5) is 5.69 Å². The van der Waals surface area contributed by atoms with Gasteiger partial charge in [0.1, 0.15) is 30.3 Å². The summed E-state index contributed by atoms with van der Waals surface area (Å²) in [4.78, 5) is 32.2. The molecule has 4 aromatic carbocycles. The van der Waals surface area contributed by atoms with Gasteiger partial charge in [-0.2, -0.15) is 0 Å². The highest BCUT2D eigenvalue weighted by atomic mass is 35.5. The Morgan fingerprint density at radius 1 is 0.792 bits per heavy atom. The topological polar surface area (TPSA) is 68.3 Å². The van der Waals surface area contributed by atoms with Crippen LogP contribution in [-0.2, 0) is 33.9 Å². The van der Waals surface area contributed by atoms with Crippen LogP contribution in [0, 0.1) is 17.8 Å². The highest BCUT2D eigenvalue weighted by molar-refractivity contribution is 6.42. The van der Waals surface area contributed by atoms with Crippen LogP contribution < -0.4 is 14.4 Å². The summed E-state index contributed by atoms with van der Waals surface area (Å²) in [6, 6.07) is 27.2. The van der Waals surface area contributed by atoms with Crippen molar-refractivity contribution in [3.8, 4) is 11.5 Å². The van der Waals surface area contributed by atoms with Crippen LogP contribution in [0.3, 0.4) is 0 Å². The number of anilines is 1. The van der Waals surface area contributed by atoms with Gasteiger partial charge in [0.25, 0.3) is 5.91 Å². The smallest absolute Gasteiger partial charge is 0.324 e. The molecule has 0 N–H and O–H groups in total. The monoisotopic (exact) mass is 752 g/mol. The van der Waals surface area contributed by atoms with E-state index >= 15 is 0 Å². The lowest BCUT2D eigenvalue weighted by molar-refractivity contribution is -0.166. The van der Waals surface area contributed by atoms with E-state index in [1.807, 2.05) is 42.5 Å². The molecule has 4 aliphatic rings. The summed E-state index contributed by atoms with van der Waals surface area (Å²) in [5, 5.41) is 0.980. The maximum absolute atomic E-state index is 14.3. The quantitative estimate of drug-likeness (QED) is 0.189. The highest BCUT2D eigenvalue weighted by Crippen LogP contribution is 2.46. The molecule has 3 aliphatic heterocycles. The number of likely N-dealkylation sites (N-methyl/N-ethyl adjacent to an activating group) is 1. The standard InChI is InChI=1S/C44H46Cl2N2O5/c1-26-9-16-34-27(2)10-18-37(29-7-5-4-6-8-29)48-24-32-23-41-38(21-31(32)22-39(48)44(50)53-40(34)19-26)47(3)43(49)42(52-41)30-12-14-33(15-13-30)51-25-28-11-17-35(45)36(46)20-28/h4-8,11-15,17,20-21,23,26-27,34,37,39-40,42H,9-10,16,18-19,22,24-25H2,1-3H3/t26-,27?,34+,37+,39+,40-,42-/m1/s1. The van der Waals surface area contributed by atoms with E-state index < -0.39 is 12.1 Å². The normalized spacial score (nSPS) is 27.3. The maximum Gasteiger partial charge on any atom is 0.324 e. The molecule has 7 nitrogen and oxygen atoms in total. The molecule has 0 spiro atoms. The van der Waals surface area contributed by atoms with Gasteiger partial charge in [-0.05, 0) is 109 Å². The predicted octanol–water partition coefficient (Wildman–Crippen LogP) is 9.91. The van der Waals surface area contributed by atoms with Gasteiger partial charge in [-0.15, -0.1) is 0 Å². The fourth-order valence-electron chi connectivity index (χ4n) is 8.94. The van der Waals surface area contributed by atoms with Crippen LogP contribution in [0.2, 0.25) is 10.0 Å². The number of amides is 1. The van der Waals surface area contributed by atoms with Crippen molar-refractivity contribution in [2.45, 2.75) is 89.8 Å². The Bertz CT molecular complexity index is 1990. The van der Waals surface area contributed by atoms with Gasteiger partial charge in [-0.3, -0.25) is 14.5 Å². The molecule has 276 valence electrons. The van der Waals surface area contributed by atoms with Crippen molar-refractivity contribution >= 4 is 40.8 Å². The second kappa shape index (κ2) is 15.0. The first-order valence-corrected chi connectivity index (χ1v) is 19.7. The number of hydrogen-bond donors (Lipinski definition) is 0. The van der Waals surface area contributed by atoms with E-state index in [-0.39, 0.29) is 24.0 Å². The highest BCUT2D eigenvalue weighted by Gasteiger charge is 2.44. The third-order valence-electron chi connectivity index (χ3n) is 12.0. The van der Waals surface area contributed by atoms with Gasteiger partial charge >= 0.3 is 5.97 Å². The van der Waals surface area contributed by atoms with Crippen LogP contribution in [0.25, 0.3) is 0 Å². The average molecular weight is 754 g/mol.